The Morgan fingerprint density at radius 2 is 2.38 bits per heavy atom. The maximum atomic E-state index is 10.1. The molecule has 1 saturated carbocycles. The Morgan fingerprint density at radius 3 is 2.38 bits per heavy atom. The second-order valence-electron chi connectivity index (χ2n) is 2.37. The highest BCUT2D eigenvalue weighted by Gasteiger charge is 2.53. The van der Waals surface area contributed by atoms with Gasteiger partial charge in [-0.1, -0.05) is 15.9 Å². The summed E-state index contributed by atoms with van der Waals surface area (Å²) in [6, 6.07) is 0. The van der Waals surface area contributed by atoms with E-state index in [-0.39, 0.29) is 10.2 Å². The summed E-state index contributed by atoms with van der Waals surface area (Å²) < 4.78 is -0.0984. The summed E-state index contributed by atoms with van der Waals surface area (Å²) in [6.07, 6.45) is 0.766. The monoisotopic (exact) mass is 178 g/mol. The van der Waals surface area contributed by atoms with E-state index in [1.807, 2.05) is 6.92 Å². The van der Waals surface area contributed by atoms with E-state index in [9.17, 15) is 4.79 Å². The average molecular weight is 179 g/mol. The molecule has 0 saturated heterocycles. The zero-order valence-electron chi connectivity index (χ0n) is 4.52. The van der Waals surface area contributed by atoms with Crippen molar-refractivity contribution in [3.05, 3.63) is 0 Å². The molecular weight excluding hydrogens is 172 g/mol. The Labute approximate surface area is 56.0 Å². The fourth-order valence-corrected chi connectivity index (χ4v) is 1.20. The van der Waals surface area contributed by atoms with Crippen molar-refractivity contribution in [3.63, 3.8) is 0 Å². The highest BCUT2D eigenvalue weighted by molar-refractivity contribution is 9.10. The van der Waals surface area contributed by atoms with Gasteiger partial charge in [-0.25, -0.2) is 0 Å². The number of hydrogen-bond acceptors (Lipinski definition) is 1. The normalized spacial score (nSPS) is 44.0. The van der Waals surface area contributed by atoms with Crippen molar-refractivity contribution in [1.82, 2.24) is 0 Å². The van der Waals surface area contributed by atoms with Crippen LogP contribution in [-0.2, 0) is 4.79 Å². The van der Waals surface area contributed by atoms with Crippen LogP contribution in [0.1, 0.15) is 13.3 Å². The summed E-state index contributed by atoms with van der Waals surface area (Å²) in [6.45, 7) is 1.89. The molecular formula is C5H7BrO2. The minimum Gasteiger partial charge on any atom is -0.481 e. The zero-order valence-corrected chi connectivity index (χ0v) is 6.10. The quantitative estimate of drug-likeness (QED) is 0.615. The van der Waals surface area contributed by atoms with Crippen LogP contribution in [0.4, 0.5) is 0 Å². The number of carboxylic acids is 1. The Kier molecular flexibility index (Phi) is 1.11. The van der Waals surface area contributed by atoms with E-state index in [2.05, 4.69) is 15.9 Å². The number of aliphatic carboxylic acids is 1. The smallest absolute Gasteiger partial charge is 0.307 e. The van der Waals surface area contributed by atoms with E-state index in [0.29, 0.717) is 0 Å². The van der Waals surface area contributed by atoms with Crippen LogP contribution in [0.2, 0.25) is 0 Å². The summed E-state index contributed by atoms with van der Waals surface area (Å²) >= 11 is 3.27. The molecule has 0 heterocycles. The number of carbonyl (C=O) groups is 1. The van der Waals surface area contributed by atoms with Crippen LogP contribution in [-0.4, -0.2) is 15.4 Å². The second-order valence-corrected chi connectivity index (χ2v) is 4.18. The van der Waals surface area contributed by atoms with Gasteiger partial charge in [-0.3, -0.25) is 4.79 Å². The third-order valence-corrected chi connectivity index (χ3v) is 2.34. The number of hydrogen-bond donors (Lipinski definition) is 1. The first-order valence-electron chi connectivity index (χ1n) is 2.46. The molecule has 3 heteroatoms. The molecule has 1 aliphatic carbocycles. The van der Waals surface area contributed by atoms with Crippen molar-refractivity contribution >= 4 is 21.9 Å². The molecule has 1 N–H and O–H groups in total. The van der Waals surface area contributed by atoms with E-state index in [1.165, 1.54) is 0 Å². The van der Waals surface area contributed by atoms with Gasteiger partial charge >= 0.3 is 5.97 Å². The van der Waals surface area contributed by atoms with Gasteiger partial charge < -0.3 is 5.11 Å². The molecule has 0 amide bonds. The SMILES string of the molecule is C[C@]1(Br)C[C@@H]1C(=O)O. The van der Waals surface area contributed by atoms with Crippen molar-refractivity contribution in [3.8, 4) is 0 Å². The fraction of sp³-hybridized carbons (Fsp3) is 0.800. The summed E-state index contributed by atoms with van der Waals surface area (Å²) in [4.78, 5) is 10.1. The Bertz CT molecular complexity index is 130. The second kappa shape index (κ2) is 1.47. The third kappa shape index (κ3) is 0.869. The van der Waals surface area contributed by atoms with Crippen LogP contribution >= 0.6 is 15.9 Å². The van der Waals surface area contributed by atoms with E-state index >= 15 is 0 Å². The van der Waals surface area contributed by atoms with Crippen LogP contribution < -0.4 is 0 Å². The van der Waals surface area contributed by atoms with Crippen molar-refractivity contribution in [1.29, 1.82) is 0 Å². The molecule has 1 rings (SSSR count). The van der Waals surface area contributed by atoms with Crippen LogP contribution in [0, 0.1) is 5.92 Å². The molecule has 0 aromatic heterocycles. The third-order valence-electron chi connectivity index (χ3n) is 1.47. The lowest BCUT2D eigenvalue weighted by Crippen LogP contribution is -2.04. The van der Waals surface area contributed by atoms with E-state index < -0.39 is 5.97 Å². The molecule has 0 aliphatic heterocycles. The first kappa shape index (κ1) is 6.08. The number of alkyl halides is 1. The van der Waals surface area contributed by atoms with Crippen LogP contribution in [0.15, 0.2) is 0 Å². The lowest BCUT2D eigenvalue weighted by molar-refractivity contribution is -0.138. The summed E-state index contributed by atoms with van der Waals surface area (Å²) in [7, 11) is 0. The van der Waals surface area contributed by atoms with Gasteiger partial charge in [0.05, 0.1) is 5.92 Å². The Hall–Kier alpha value is -0.0500. The van der Waals surface area contributed by atoms with Gasteiger partial charge in [0, 0.05) is 4.32 Å². The standard InChI is InChI=1S/C5H7BrO2/c1-5(6)2-3(5)4(7)8/h3H,2H2,1H3,(H,7,8)/t3-,5+/m1/s1. The predicted molar refractivity (Wildman–Crippen MR) is 33.1 cm³/mol. The molecule has 2 nitrogen and oxygen atoms in total. The molecule has 8 heavy (non-hydrogen) atoms. The first-order chi connectivity index (χ1) is 3.54. The Morgan fingerprint density at radius 1 is 2.00 bits per heavy atom. The molecule has 1 aliphatic rings. The van der Waals surface area contributed by atoms with Gasteiger partial charge in [0.25, 0.3) is 0 Å². The molecule has 2 atom stereocenters. The minimum absolute atomic E-state index is 0.0984. The highest BCUT2D eigenvalue weighted by Crippen LogP contribution is 2.50. The lowest BCUT2D eigenvalue weighted by Gasteiger charge is -1.92. The maximum absolute atomic E-state index is 10.1. The average Bonchev–Trinajstić information content (AvgIpc) is 2.13. The molecule has 0 aromatic carbocycles. The van der Waals surface area contributed by atoms with E-state index in [0.717, 1.165) is 6.42 Å². The summed E-state index contributed by atoms with van der Waals surface area (Å²) in [5.41, 5.74) is 0. The van der Waals surface area contributed by atoms with E-state index in [1.54, 1.807) is 0 Å². The number of rotatable bonds is 1. The van der Waals surface area contributed by atoms with Crippen molar-refractivity contribution < 1.29 is 9.90 Å². The number of halogens is 1. The van der Waals surface area contributed by atoms with Crippen LogP contribution in [0.5, 0.6) is 0 Å². The van der Waals surface area contributed by atoms with Gasteiger partial charge in [-0.2, -0.15) is 0 Å². The predicted octanol–water partition coefficient (Wildman–Crippen LogP) is 1.24. The zero-order chi connectivity index (χ0) is 6.36. The molecule has 0 aromatic rings. The Balaban J connectivity index is 2.48. The number of carboxylic acid groups (broad SMARTS) is 1. The molecule has 46 valence electrons. The van der Waals surface area contributed by atoms with Gasteiger partial charge in [-0.05, 0) is 13.3 Å². The topological polar surface area (TPSA) is 37.3 Å². The summed E-state index contributed by atoms with van der Waals surface area (Å²) in [5, 5.41) is 8.36. The molecule has 0 unspecified atom stereocenters. The van der Waals surface area contributed by atoms with Crippen molar-refractivity contribution in [2.45, 2.75) is 17.7 Å². The van der Waals surface area contributed by atoms with Gasteiger partial charge in [0.15, 0.2) is 0 Å². The minimum atomic E-state index is -0.690. The largest absolute Gasteiger partial charge is 0.481 e. The molecule has 0 spiro atoms. The molecule has 0 bridgehead atoms. The van der Waals surface area contributed by atoms with Crippen molar-refractivity contribution in [2.24, 2.45) is 5.92 Å². The lowest BCUT2D eigenvalue weighted by atomic mass is 10.3. The highest BCUT2D eigenvalue weighted by atomic mass is 79.9. The first-order valence-corrected chi connectivity index (χ1v) is 3.25. The van der Waals surface area contributed by atoms with E-state index in [4.69, 9.17) is 5.11 Å². The summed E-state index contributed by atoms with van der Waals surface area (Å²) in [5.74, 6) is -0.841. The van der Waals surface area contributed by atoms with Crippen LogP contribution in [0.25, 0.3) is 0 Å². The van der Waals surface area contributed by atoms with Gasteiger partial charge in [-0.15, -0.1) is 0 Å². The molecule has 1 fully saturated rings. The van der Waals surface area contributed by atoms with Gasteiger partial charge in [0.1, 0.15) is 0 Å². The maximum Gasteiger partial charge on any atom is 0.307 e. The fourth-order valence-electron chi connectivity index (χ4n) is 0.685. The van der Waals surface area contributed by atoms with Gasteiger partial charge in [0.2, 0.25) is 0 Å². The molecule has 0 radical (unpaired) electrons. The van der Waals surface area contributed by atoms with Crippen molar-refractivity contribution in [2.75, 3.05) is 0 Å². The van der Waals surface area contributed by atoms with Crippen LogP contribution in [0.3, 0.4) is 0 Å².